The maximum absolute atomic E-state index is 11.9. The lowest BCUT2D eigenvalue weighted by Gasteiger charge is -2.05. The number of halogens is 3. The maximum atomic E-state index is 11.9. The van der Waals surface area contributed by atoms with Crippen molar-refractivity contribution in [2.24, 2.45) is 0 Å². The molecule has 1 radical (unpaired) electrons. The Kier molecular flexibility index (Phi) is 3.55. The van der Waals surface area contributed by atoms with Crippen LogP contribution in [0.15, 0.2) is 34.1 Å². The largest absolute Gasteiger partial charge is 0.446 e. The van der Waals surface area contributed by atoms with Crippen molar-refractivity contribution in [1.82, 2.24) is 0 Å². The van der Waals surface area contributed by atoms with Crippen molar-refractivity contribution in [2.45, 2.75) is 15.3 Å². The third-order valence-electron chi connectivity index (χ3n) is 1.21. The number of benzene rings is 1. The van der Waals surface area contributed by atoms with E-state index in [1.807, 2.05) is 0 Å². The highest BCUT2D eigenvalue weighted by Gasteiger charge is 2.29. The Morgan fingerprint density at radius 3 is 2.31 bits per heavy atom. The molecular weight excluding hydrogens is 217 g/mol. The molecule has 0 aromatic heterocycles. The van der Waals surface area contributed by atoms with Crippen LogP contribution >= 0.6 is 23.5 Å². The molecule has 0 heterocycles. The zero-order valence-corrected chi connectivity index (χ0v) is 8.10. The molecule has 71 valence electrons. The summed E-state index contributed by atoms with van der Waals surface area (Å²) in [5, 5.41) is 0. The number of alkyl halides is 3. The van der Waals surface area contributed by atoms with Gasteiger partial charge in [-0.1, -0.05) is 6.07 Å². The first-order valence-corrected chi connectivity index (χ1v) is 5.09. The second-order valence-corrected chi connectivity index (χ2v) is 4.07. The molecule has 13 heavy (non-hydrogen) atoms. The standard InChI is InChI=1S/C8H6F3S2/c1-12-6-3-2-4-7(5-6)13-8(9,10)11/h2-5H,1H2. The first kappa shape index (κ1) is 10.8. The summed E-state index contributed by atoms with van der Waals surface area (Å²) in [5.41, 5.74) is -4.22. The summed E-state index contributed by atoms with van der Waals surface area (Å²) in [6.45, 7) is 0. The highest BCUT2D eigenvalue weighted by molar-refractivity contribution is 8.01. The summed E-state index contributed by atoms with van der Waals surface area (Å²) in [6, 6.07) is 6.20. The van der Waals surface area contributed by atoms with Gasteiger partial charge in [0.1, 0.15) is 0 Å². The van der Waals surface area contributed by atoms with E-state index in [4.69, 9.17) is 0 Å². The van der Waals surface area contributed by atoms with Gasteiger partial charge in [-0.15, -0.1) is 11.8 Å². The van der Waals surface area contributed by atoms with E-state index in [1.54, 1.807) is 12.1 Å². The normalized spacial score (nSPS) is 11.7. The Bertz CT molecular complexity index is 283. The highest BCUT2D eigenvalue weighted by Crippen LogP contribution is 2.37. The van der Waals surface area contributed by atoms with Crippen LogP contribution in [-0.4, -0.2) is 5.51 Å². The Balaban J connectivity index is 2.78. The molecule has 0 saturated carbocycles. The van der Waals surface area contributed by atoms with Crippen LogP contribution in [0.25, 0.3) is 0 Å². The van der Waals surface area contributed by atoms with Gasteiger partial charge in [0.25, 0.3) is 0 Å². The summed E-state index contributed by atoms with van der Waals surface area (Å²) in [6.07, 6.45) is 3.52. The predicted molar refractivity (Wildman–Crippen MR) is 49.6 cm³/mol. The molecule has 0 spiro atoms. The van der Waals surface area contributed by atoms with Gasteiger partial charge < -0.3 is 0 Å². The maximum Gasteiger partial charge on any atom is 0.446 e. The van der Waals surface area contributed by atoms with Crippen molar-refractivity contribution in [2.75, 3.05) is 0 Å². The fraction of sp³-hybridized carbons (Fsp3) is 0.125. The van der Waals surface area contributed by atoms with Crippen LogP contribution in [-0.2, 0) is 0 Å². The third kappa shape index (κ3) is 3.95. The van der Waals surface area contributed by atoms with E-state index in [0.29, 0.717) is 0 Å². The van der Waals surface area contributed by atoms with Gasteiger partial charge in [0.2, 0.25) is 0 Å². The van der Waals surface area contributed by atoms with Crippen molar-refractivity contribution in [3.05, 3.63) is 30.5 Å². The Morgan fingerprint density at radius 2 is 1.77 bits per heavy atom. The highest BCUT2D eigenvalue weighted by atomic mass is 32.2. The monoisotopic (exact) mass is 223 g/mol. The van der Waals surface area contributed by atoms with Gasteiger partial charge in [-0.05, 0) is 30.0 Å². The van der Waals surface area contributed by atoms with Gasteiger partial charge >= 0.3 is 5.51 Å². The van der Waals surface area contributed by atoms with E-state index in [0.717, 1.165) is 4.90 Å². The second-order valence-electron chi connectivity index (χ2n) is 2.17. The van der Waals surface area contributed by atoms with Crippen LogP contribution in [0.5, 0.6) is 0 Å². The van der Waals surface area contributed by atoms with Crippen molar-refractivity contribution in [3.63, 3.8) is 0 Å². The van der Waals surface area contributed by atoms with Gasteiger partial charge in [-0.3, -0.25) is 0 Å². The predicted octanol–water partition coefficient (Wildman–Crippen LogP) is 4.18. The molecular formula is C8H6F3S2. The summed E-state index contributed by atoms with van der Waals surface area (Å²) in [7, 11) is 0. The molecule has 1 aromatic rings. The molecule has 0 aliphatic rings. The smallest absolute Gasteiger partial charge is 0.160 e. The van der Waals surface area contributed by atoms with Crippen LogP contribution in [0, 0.1) is 6.26 Å². The Morgan fingerprint density at radius 1 is 1.15 bits per heavy atom. The van der Waals surface area contributed by atoms with Gasteiger partial charge in [-0.25, -0.2) is 0 Å². The molecule has 0 fully saturated rings. The van der Waals surface area contributed by atoms with Crippen LogP contribution in [0.2, 0.25) is 0 Å². The zero-order chi connectivity index (χ0) is 9.90. The molecule has 0 unspecified atom stereocenters. The minimum absolute atomic E-state index is 0.111. The van der Waals surface area contributed by atoms with Crippen LogP contribution in [0.1, 0.15) is 0 Å². The van der Waals surface area contributed by atoms with E-state index in [9.17, 15) is 13.2 Å². The van der Waals surface area contributed by atoms with Crippen molar-refractivity contribution in [3.8, 4) is 0 Å². The third-order valence-corrected chi connectivity index (χ3v) is 2.51. The fourth-order valence-electron chi connectivity index (χ4n) is 0.761. The van der Waals surface area contributed by atoms with E-state index < -0.39 is 5.51 Å². The van der Waals surface area contributed by atoms with Crippen LogP contribution < -0.4 is 0 Å². The lowest BCUT2D eigenvalue weighted by Crippen LogP contribution is -1.98. The summed E-state index contributed by atoms with van der Waals surface area (Å²) >= 11 is 1.07. The SMILES string of the molecule is [CH2]Sc1cccc(SC(F)(F)F)c1. The molecule has 0 atom stereocenters. The number of thioether (sulfide) groups is 2. The number of hydrogen-bond donors (Lipinski definition) is 0. The molecule has 0 bridgehead atoms. The molecule has 0 nitrogen and oxygen atoms in total. The van der Waals surface area contributed by atoms with Crippen molar-refractivity contribution < 1.29 is 13.2 Å². The first-order chi connectivity index (χ1) is 6.01. The average molecular weight is 223 g/mol. The van der Waals surface area contributed by atoms with E-state index in [-0.39, 0.29) is 16.7 Å². The molecule has 1 rings (SSSR count). The van der Waals surface area contributed by atoms with E-state index in [2.05, 4.69) is 6.26 Å². The Hall–Kier alpha value is -0.290. The molecule has 0 N–H and O–H groups in total. The van der Waals surface area contributed by atoms with Gasteiger partial charge in [0.15, 0.2) is 0 Å². The van der Waals surface area contributed by atoms with Gasteiger partial charge in [-0.2, -0.15) is 13.2 Å². The topological polar surface area (TPSA) is 0 Å². The number of rotatable bonds is 2. The zero-order valence-electron chi connectivity index (χ0n) is 6.47. The van der Waals surface area contributed by atoms with Crippen LogP contribution in [0.3, 0.4) is 0 Å². The summed E-state index contributed by atoms with van der Waals surface area (Å²) in [5.74, 6) is 0. The minimum Gasteiger partial charge on any atom is -0.160 e. The number of hydrogen-bond acceptors (Lipinski definition) is 2. The van der Waals surface area contributed by atoms with E-state index in [1.165, 1.54) is 23.9 Å². The van der Waals surface area contributed by atoms with Crippen molar-refractivity contribution in [1.29, 1.82) is 0 Å². The van der Waals surface area contributed by atoms with Crippen LogP contribution in [0.4, 0.5) is 13.2 Å². The molecule has 0 saturated heterocycles. The lowest BCUT2D eigenvalue weighted by molar-refractivity contribution is -0.0328. The van der Waals surface area contributed by atoms with E-state index >= 15 is 0 Å². The quantitative estimate of drug-likeness (QED) is 0.690. The fourth-order valence-corrected chi connectivity index (χ4v) is 1.82. The second kappa shape index (κ2) is 4.28. The summed E-state index contributed by atoms with van der Waals surface area (Å²) in [4.78, 5) is 0.926. The molecule has 5 heteroatoms. The summed E-state index contributed by atoms with van der Waals surface area (Å²) < 4.78 is 35.8. The minimum atomic E-state index is -4.22. The molecule has 0 aliphatic heterocycles. The van der Waals surface area contributed by atoms with Crippen molar-refractivity contribution >= 4 is 23.5 Å². The lowest BCUT2D eigenvalue weighted by atomic mass is 10.4. The molecule has 0 aliphatic carbocycles. The average Bonchev–Trinajstić information content (AvgIpc) is 2.01. The first-order valence-electron chi connectivity index (χ1n) is 3.29. The Labute approximate surface area is 82.9 Å². The van der Waals surface area contributed by atoms with Gasteiger partial charge in [0, 0.05) is 16.0 Å². The molecule has 0 amide bonds. The van der Waals surface area contributed by atoms with Gasteiger partial charge in [0.05, 0.1) is 0 Å². The molecule has 1 aromatic carbocycles.